The minimum Gasteiger partial charge on any atom is -0.483 e. The number of methoxy groups -OCH3 is 1. The highest BCUT2D eigenvalue weighted by molar-refractivity contribution is 7.15. The van der Waals surface area contributed by atoms with Crippen LogP contribution in [0.25, 0.3) is 11.1 Å². The summed E-state index contributed by atoms with van der Waals surface area (Å²) in [5, 5.41) is 5.14. The molecule has 1 aromatic heterocycles. The van der Waals surface area contributed by atoms with E-state index in [0.29, 0.717) is 16.3 Å². The first-order valence-electron chi connectivity index (χ1n) is 11.0. The molecule has 0 spiro atoms. The van der Waals surface area contributed by atoms with E-state index < -0.39 is 5.97 Å². The van der Waals surface area contributed by atoms with E-state index >= 15 is 0 Å². The molecular formula is C27H31NO4S. The zero-order valence-electron chi connectivity index (χ0n) is 20.1. The molecule has 0 saturated heterocycles. The van der Waals surface area contributed by atoms with E-state index in [9.17, 15) is 9.59 Å². The average Bonchev–Trinajstić information content (AvgIpc) is 3.20. The van der Waals surface area contributed by atoms with E-state index in [1.807, 2.05) is 48.7 Å². The van der Waals surface area contributed by atoms with Gasteiger partial charge in [-0.15, -0.1) is 11.3 Å². The van der Waals surface area contributed by atoms with Crippen LogP contribution in [0.1, 0.15) is 54.7 Å². The third-order valence-corrected chi connectivity index (χ3v) is 6.30. The van der Waals surface area contributed by atoms with Crippen molar-refractivity contribution in [3.63, 3.8) is 0 Å². The van der Waals surface area contributed by atoms with Gasteiger partial charge in [0.1, 0.15) is 16.3 Å². The smallest absolute Gasteiger partial charge is 0.341 e. The third-order valence-electron chi connectivity index (χ3n) is 5.41. The minimum atomic E-state index is -0.490. The summed E-state index contributed by atoms with van der Waals surface area (Å²) < 4.78 is 10.9. The molecule has 0 unspecified atom stereocenters. The number of aryl methyl sites for hydroxylation is 2. The molecule has 33 heavy (non-hydrogen) atoms. The average molecular weight is 466 g/mol. The summed E-state index contributed by atoms with van der Waals surface area (Å²) in [5.41, 5.74) is 5.26. The first-order chi connectivity index (χ1) is 15.6. The van der Waals surface area contributed by atoms with Crippen LogP contribution in [-0.2, 0) is 21.4 Å². The maximum atomic E-state index is 12.7. The Hall–Kier alpha value is -3.12. The van der Waals surface area contributed by atoms with Crippen molar-refractivity contribution in [3.05, 3.63) is 70.1 Å². The Bertz CT molecular complexity index is 1140. The van der Waals surface area contributed by atoms with E-state index in [2.05, 4.69) is 39.1 Å². The summed E-state index contributed by atoms with van der Waals surface area (Å²) in [4.78, 5) is 25.3. The van der Waals surface area contributed by atoms with Crippen LogP contribution in [0.3, 0.4) is 0 Å². The summed E-state index contributed by atoms with van der Waals surface area (Å²) in [5.74, 6) is -0.148. The standard InChI is InChI=1S/C27H31NO4S/c1-7-18-9-11-19(12-10-18)20-16-33-25(24(20)26(30)31-6)28-23(29)15-32-22-13-8-17(2)14-21(22)27(3,4)5/h8-14,16H,7,15H2,1-6H3,(H,28,29). The molecule has 0 aliphatic heterocycles. The Labute approximate surface area is 199 Å². The third kappa shape index (κ3) is 5.82. The number of carbonyl (C=O) groups is 2. The zero-order chi connectivity index (χ0) is 24.2. The van der Waals surface area contributed by atoms with Crippen LogP contribution in [0.15, 0.2) is 47.8 Å². The Morgan fingerprint density at radius 2 is 1.76 bits per heavy atom. The number of anilines is 1. The molecule has 0 aliphatic rings. The summed E-state index contributed by atoms with van der Waals surface area (Å²) in [6.07, 6.45) is 0.937. The molecule has 1 N–H and O–H groups in total. The van der Waals surface area contributed by atoms with E-state index in [4.69, 9.17) is 9.47 Å². The largest absolute Gasteiger partial charge is 0.483 e. The predicted molar refractivity (Wildman–Crippen MR) is 134 cm³/mol. The summed E-state index contributed by atoms with van der Waals surface area (Å²) in [6, 6.07) is 14.0. The Morgan fingerprint density at radius 3 is 2.36 bits per heavy atom. The summed E-state index contributed by atoms with van der Waals surface area (Å²) in [7, 11) is 1.34. The molecule has 0 saturated carbocycles. The molecule has 0 atom stereocenters. The molecular weight excluding hydrogens is 434 g/mol. The fraction of sp³-hybridized carbons (Fsp3) is 0.333. The molecule has 1 heterocycles. The second-order valence-corrected chi connectivity index (χ2v) is 9.86. The SMILES string of the molecule is CCc1ccc(-c2csc(NC(=O)COc3ccc(C)cc3C(C)(C)C)c2C(=O)OC)cc1. The van der Waals surface area contributed by atoms with Crippen molar-refractivity contribution in [2.45, 2.75) is 46.5 Å². The minimum absolute atomic E-state index is 0.119. The van der Waals surface area contributed by atoms with E-state index in [1.165, 1.54) is 24.0 Å². The fourth-order valence-electron chi connectivity index (χ4n) is 3.55. The topological polar surface area (TPSA) is 64.6 Å². The van der Waals surface area contributed by atoms with Crippen molar-refractivity contribution in [2.75, 3.05) is 19.0 Å². The molecule has 3 aromatic rings. The van der Waals surface area contributed by atoms with Gasteiger partial charge in [0.25, 0.3) is 5.91 Å². The second kappa shape index (κ2) is 10.2. The molecule has 174 valence electrons. The van der Waals surface area contributed by atoms with Gasteiger partial charge in [0.2, 0.25) is 0 Å². The Balaban J connectivity index is 1.80. The summed E-state index contributed by atoms with van der Waals surface area (Å²) in [6.45, 7) is 10.3. The number of hydrogen-bond donors (Lipinski definition) is 1. The highest BCUT2D eigenvalue weighted by Gasteiger charge is 2.23. The molecule has 0 bridgehead atoms. The molecule has 0 radical (unpaired) electrons. The van der Waals surface area contributed by atoms with Gasteiger partial charge in [0, 0.05) is 10.9 Å². The number of ether oxygens (including phenoxy) is 2. The molecule has 0 fully saturated rings. The van der Waals surface area contributed by atoms with Crippen LogP contribution in [-0.4, -0.2) is 25.6 Å². The lowest BCUT2D eigenvalue weighted by atomic mass is 9.85. The lowest BCUT2D eigenvalue weighted by molar-refractivity contribution is -0.118. The number of esters is 1. The number of benzene rings is 2. The first kappa shape index (κ1) is 24.5. The molecule has 3 rings (SSSR count). The normalized spacial score (nSPS) is 11.2. The van der Waals surface area contributed by atoms with Crippen LogP contribution in [0.2, 0.25) is 0 Å². The van der Waals surface area contributed by atoms with Crippen LogP contribution in [0.5, 0.6) is 5.75 Å². The van der Waals surface area contributed by atoms with Gasteiger partial charge < -0.3 is 14.8 Å². The van der Waals surface area contributed by atoms with Crippen LogP contribution in [0, 0.1) is 6.92 Å². The van der Waals surface area contributed by atoms with Crippen molar-refractivity contribution < 1.29 is 19.1 Å². The number of amides is 1. The van der Waals surface area contributed by atoms with Crippen LogP contribution in [0.4, 0.5) is 5.00 Å². The molecule has 6 heteroatoms. The molecule has 2 aromatic carbocycles. The summed E-state index contributed by atoms with van der Waals surface area (Å²) >= 11 is 1.30. The monoisotopic (exact) mass is 465 g/mol. The van der Waals surface area contributed by atoms with E-state index in [1.54, 1.807) is 0 Å². The number of rotatable bonds is 7. The van der Waals surface area contributed by atoms with Gasteiger partial charge in [-0.2, -0.15) is 0 Å². The molecule has 1 amide bonds. The lowest BCUT2D eigenvalue weighted by Crippen LogP contribution is -2.22. The fourth-order valence-corrected chi connectivity index (χ4v) is 4.52. The predicted octanol–water partition coefficient (Wildman–Crippen LogP) is 6.39. The quantitative estimate of drug-likeness (QED) is 0.411. The Kier molecular flexibility index (Phi) is 7.59. The van der Waals surface area contributed by atoms with E-state index in [-0.39, 0.29) is 17.9 Å². The van der Waals surface area contributed by atoms with Crippen molar-refractivity contribution in [1.82, 2.24) is 0 Å². The van der Waals surface area contributed by atoms with Crippen molar-refractivity contribution in [1.29, 1.82) is 0 Å². The van der Waals surface area contributed by atoms with Crippen LogP contribution >= 0.6 is 11.3 Å². The first-order valence-corrected chi connectivity index (χ1v) is 11.8. The van der Waals surface area contributed by atoms with Gasteiger partial charge in [-0.05, 0) is 41.5 Å². The second-order valence-electron chi connectivity index (χ2n) is 8.98. The lowest BCUT2D eigenvalue weighted by Gasteiger charge is -2.23. The zero-order valence-corrected chi connectivity index (χ0v) is 20.9. The number of thiophene rings is 1. The van der Waals surface area contributed by atoms with Gasteiger partial charge in [-0.3, -0.25) is 4.79 Å². The number of hydrogen-bond acceptors (Lipinski definition) is 5. The van der Waals surface area contributed by atoms with Crippen LogP contribution < -0.4 is 10.1 Å². The number of carbonyl (C=O) groups excluding carboxylic acids is 2. The maximum absolute atomic E-state index is 12.7. The highest BCUT2D eigenvalue weighted by atomic mass is 32.1. The Morgan fingerprint density at radius 1 is 1.06 bits per heavy atom. The van der Waals surface area contributed by atoms with Crippen molar-refractivity contribution in [3.8, 4) is 16.9 Å². The number of nitrogens with one attached hydrogen (secondary N) is 1. The van der Waals surface area contributed by atoms with Gasteiger partial charge in [0.15, 0.2) is 6.61 Å². The van der Waals surface area contributed by atoms with E-state index in [0.717, 1.165) is 28.7 Å². The highest BCUT2D eigenvalue weighted by Crippen LogP contribution is 2.36. The van der Waals surface area contributed by atoms with Crippen molar-refractivity contribution >= 4 is 28.2 Å². The van der Waals surface area contributed by atoms with Gasteiger partial charge in [0.05, 0.1) is 7.11 Å². The van der Waals surface area contributed by atoms with Gasteiger partial charge in [-0.25, -0.2) is 4.79 Å². The maximum Gasteiger partial charge on any atom is 0.341 e. The molecule has 5 nitrogen and oxygen atoms in total. The van der Waals surface area contributed by atoms with Gasteiger partial charge >= 0.3 is 5.97 Å². The van der Waals surface area contributed by atoms with Crippen molar-refractivity contribution in [2.24, 2.45) is 0 Å². The molecule has 0 aliphatic carbocycles. The van der Waals surface area contributed by atoms with Gasteiger partial charge in [-0.1, -0.05) is 69.7 Å².